The standard InChI is InChI=1S/C15H19FN2O2/c16-13-11(15(19)20)7-8-17-14(13)18-9-3-5-10-4-1-2-6-12(10)18/h7-8,10,12H,1-6,9H2,(H,19,20). The number of carbonyl (C=O) groups is 1. The molecule has 3 rings (SSSR count). The monoisotopic (exact) mass is 278 g/mol. The lowest BCUT2D eigenvalue weighted by molar-refractivity contribution is 0.0691. The molecule has 1 saturated heterocycles. The molecule has 2 atom stereocenters. The number of fused-ring (bicyclic) bond motifs is 1. The summed E-state index contributed by atoms with van der Waals surface area (Å²) in [6.07, 6.45) is 8.29. The highest BCUT2D eigenvalue weighted by Crippen LogP contribution is 2.38. The smallest absolute Gasteiger partial charge is 0.338 e. The highest BCUT2D eigenvalue weighted by molar-refractivity contribution is 5.88. The SMILES string of the molecule is O=C(O)c1ccnc(N2CCCC3CCCCC32)c1F. The molecular weight excluding hydrogens is 259 g/mol. The Bertz CT molecular complexity index is 519. The summed E-state index contributed by atoms with van der Waals surface area (Å²) in [4.78, 5) is 17.2. The summed E-state index contributed by atoms with van der Waals surface area (Å²) in [6, 6.07) is 1.55. The Morgan fingerprint density at radius 1 is 1.30 bits per heavy atom. The van der Waals surface area contributed by atoms with Crippen molar-refractivity contribution in [3.8, 4) is 0 Å². The van der Waals surface area contributed by atoms with E-state index in [1.807, 2.05) is 4.90 Å². The first-order valence-electron chi connectivity index (χ1n) is 7.33. The third-order valence-electron chi connectivity index (χ3n) is 4.62. The summed E-state index contributed by atoms with van der Waals surface area (Å²) >= 11 is 0. The zero-order valence-corrected chi connectivity index (χ0v) is 11.4. The minimum Gasteiger partial charge on any atom is -0.478 e. The normalized spacial score (nSPS) is 26.1. The highest BCUT2D eigenvalue weighted by atomic mass is 19.1. The van der Waals surface area contributed by atoms with Gasteiger partial charge in [0.15, 0.2) is 11.6 Å². The van der Waals surface area contributed by atoms with Crippen LogP contribution >= 0.6 is 0 Å². The van der Waals surface area contributed by atoms with E-state index in [-0.39, 0.29) is 11.4 Å². The molecule has 20 heavy (non-hydrogen) atoms. The van der Waals surface area contributed by atoms with Gasteiger partial charge < -0.3 is 10.0 Å². The van der Waals surface area contributed by atoms with Gasteiger partial charge in [0.05, 0.1) is 0 Å². The molecule has 4 nitrogen and oxygen atoms in total. The Labute approximate surface area is 117 Å². The Balaban J connectivity index is 1.95. The summed E-state index contributed by atoms with van der Waals surface area (Å²) in [5.74, 6) is -1.09. The van der Waals surface area contributed by atoms with E-state index in [0.717, 1.165) is 25.8 Å². The van der Waals surface area contributed by atoms with E-state index in [9.17, 15) is 9.18 Å². The minimum atomic E-state index is -1.23. The molecule has 2 unspecified atom stereocenters. The highest BCUT2D eigenvalue weighted by Gasteiger charge is 2.35. The third-order valence-corrected chi connectivity index (χ3v) is 4.62. The molecule has 2 heterocycles. The number of aromatic carboxylic acids is 1. The van der Waals surface area contributed by atoms with Gasteiger partial charge in [-0.1, -0.05) is 12.8 Å². The van der Waals surface area contributed by atoms with E-state index < -0.39 is 11.8 Å². The van der Waals surface area contributed by atoms with E-state index in [1.54, 1.807) is 0 Å². The van der Waals surface area contributed by atoms with Crippen LogP contribution in [0.3, 0.4) is 0 Å². The largest absolute Gasteiger partial charge is 0.478 e. The van der Waals surface area contributed by atoms with Crippen molar-refractivity contribution in [2.24, 2.45) is 5.92 Å². The Hall–Kier alpha value is -1.65. The molecule has 0 aromatic carbocycles. The summed E-state index contributed by atoms with van der Waals surface area (Å²) < 4.78 is 14.4. The maximum absolute atomic E-state index is 14.4. The number of halogens is 1. The number of carboxylic acids is 1. The fourth-order valence-corrected chi connectivity index (χ4v) is 3.69. The van der Waals surface area contributed by atoms with Gasteiger partial charge in [-0.2, -0.15) is 0 Å². The van der Waals surface area contributed by atoms with Crippen LogP contribution in [-0.4, -0.2) is 28.6 Å². The molecule has 0 spiro atoms. The molecule has 2 aliphatic rings. The van der Waals surface area contributed by atoms with Crippen molar-refractivity contribution in [2.75, 3.05) is 11.4 Å². The van der Waals surface area contributed by atoms with Crippen molar-refractivity contribution >= 4 is 11.8 Å². The number of pyridine rings is 1. The van der Waals surface area contributed by atoms with Gasteiger partial charge in [-0.05, 0) is 37.7 Å². The number of aromatic nitrogens is 1. The number of nitrogens with zero attached hydrogens (tertiary/aromatic N) is 2. The molecule has 1 aliphatic carbocycles. The molecule has 0 amide bonds. The van der Waals surface area contributed by atoms with E-state index in [1.165, 1.54) is 31.5 Å². The van der Waals surface area contributed by atoms with E-state index >= 15 is 0 Å². The second-order valence-corrected chi connectivity index (χ2v) is 5.75. The number of carboxylic acid groups (broad SMARTS) is 1. The van der Waals surface area contributed by atoms with Gasteiger partial charge in [0.1, 0.15) is 5.56 Å². The Morgan fingerprint density at radius 3 is 2.85 bits per heavy atom. The zero-order valence-electron chi connectivity index (χ0n) is 11.4. The predicted molar refractivity (Wildman–Crippen MR) is 73.5 cm³/mol. The van der Waals surface area contributed by atoms with Gasteiger partial charge in [-0.15, -0.1) is 0 Å². The van der Waals surface area contributed by atoms with Gasteiger partial charge in [-0.25, -0.2) is 14.2 Å². The van der Waals surface area contributed by atoms with Gasteiger partial charge in [-0.3, -0.25) is 0 Å². The Kier molecular flexibility index (Phi) is 3.59. The second-order valence-electron chi connectivity index (χ2n) is 5.75. The van der Waals surface area contributed by atoms with Crippen molar-refractivity contribution in [2.45, 2.75) is 44.6 Å². The van der Waals surface area contributed by atoms with Crippen molar-refractivity contribution in [1.82, 2.24) is 4.98 Å². The van der Waals surface area contributed by atoms with Gasteiger partial charge >= 0.3 is 5.97 Å². The van der Waals surface area contributed by atoms with Crippen LogP contribution in [0.5, 0.6) is 0 Å². The van der Waals surface area contributed by atoms with Crippen LogP contribution in [0.25, 0.3) is 0 Å². The van der Waals surface area contributed by atoms with Crippen molar-refractivity contribution in [3.63, 3.8) is 0 Å². The maximum Gasteiger partial charge on any atom is 0.338 e. The number of piperidine rings is 1. The van der Waals surface area contributed by atoms with Crippen LogP contribution in [0.15, 0.2) is 12.3 Å². The summed E-state index contributed by atoms with van der Waals surface area (Å²) in [5.41, 5.74) is -0.284. The van der Waals surface area contributed by atoms with E-state index in [4.69, 9.17) is 5.11 Å². The van der Waals surface area contributed by atoms with Crippen LogP contribution in [0.1, 0.15) is 48.9 Å². The molecule has 1 aliphatic heterocycles. The van der Waals surface area contributed by atoms with Crippen LogP contribution in [-0.2, 0) is 0 Å². The molecule has 2 fully saturated rings. The van der Waals surface area contributed by atoms with Crippen LogP contribution in [0.2, 0.25) is 0 Å². The first-order valence-corrected chi connectivity index (χ1v) is 7.33. The van der Waals surface area contributed by atoms with Crippen LogP contribution in [0.4, 0.5) is 10.2 Å². The molecule has 1 N–H and O–H groups in total. The van der Waals surface area contributed by atoms with Crippen LogP contribution in [0, 0.1) is 11.7 Å². The fraction of sp³-hybridized carbons (Fsp3) is 0.600. The topological polar surface area (TPSA) is 53.4 Å². The van der Waals surface area contributed by atoms with Gasteiger partial charge in [0.25, 0.3) is 0 Å². The predicted octanol–water partition coefficient (Wildman–Crippen LogP) is 3.08. The minimum absolute atomic E-state index is 0.224. The van der Waals surface area contributed by atoms with Crippen LogP contribution < -0.4 is 4.90 Å². The Morgan fingerprint density at radius 2 is 2.05 bits per heavy atom. The molecule has 1 saturated carbocycles. The summed E-state index contributed by atoms with van der Waals surface area (Å²) in [6.45, 7) is 0.772. The summed E-state index contributed by atoms with van der Waals surface area (Å²) in [7, 11) is 0. The third kappa shape index (κ3) is 2.25. The van der Waals surface area contributed by atoms with Crippen molar-refractivity contribution in [3.05, 3.63) is 23.6 Å². The maximum atomic E-state index is 14.4. The molecule has 0 bridgehead atoms. The number of anilines is 1. The fourth-order valence-electron chi connectivity index (χ4n) is 3.69. The quantitative estimate of drug-likeness (QED) is 0.903. The average Bonchev–Trinajstić information content (AvgIpc) is 2.47. The van der Waals surface area contributed by atoms with Gasteiger partial charge in [0, 0.05) is 18.8 Å². The molecule has 5 heteroatoms. The van der Waals surface area contributed by atoms with Crippen molar-refractivity contribution in [1.29, 1.82) is 0 Å². The zero-order chi connectivity index (χ0) is 14.1. The van der Waals surface area contributed by atoms with Gasteiger partial charge in [0.2, 0.25) is 0 Å². The lowest BCUT2D eigenvalue weighted by Gasteiger charge is -2.44. The van der Waals surface area contributed by atoms with E-state index in [0.29, 0.717) is 12.0 Å². The molecular formula is C15H19FN2O2. The number of hydrogen-bond acceptors (Lipinski definition) is 3. The number of hydrogen-bond donors (Lipinski definition) is 1. The van der Waals surface area contributed by atoms with E-state index in [2.05, 4.69) is 4.98 Å². The summed E-state index contributed by atoms with van der Waals surface area (Å²) in [5, 5.41) is 9.03. The second kappa shape index (κ2) is 5.38. The lowest BCUT2D eigenvalue weighted by atomic mass is 9.78. The molecule has 108 valence electrons. The number of rotatable bonds is 2. The molecule has 0 radical (unpaired) electrons. The molecule has 1 aromatic heterocycles. The first kappa shape index (κ1) is 13.3. The van der Waals surface area contributed by atoms with Crippen molar-refractivity contribution < 1.29 is 14.3 Å². The lowest BCUT2D eigenvalue weighted by Crippen LogP contribution is -2.47. The average molecular weight is 278 g/mol. The molecule has 1 aromatic rings. The first-order chi connectivity index (χ1) is 9.68.